The predicted octanol–water partition coefficient (Wildman–Crippen LogP) is 1.40. The minimum Gasteiger partial charge on any atom is -0.480 e. The molecule has 0 fully saturated rings. The largest absolute Gasteiger partial charge is 0.480 e. The van der Waals surface area contributed by atoms with Crippen LogP contribution in [-0.4, -0.2) is 44.7 Å². The molecular weight excluding hydrogens is 314 g/mol. The van der Waals surface area contributed by atoms with Gasteiger partial charge in [-0.05, 0) is 19.4 Å². The Hall–Kier alpha value is -2.74. The highest BCUT2D eigenvalue weighted by molar-refractivity contribution is 5.84. The van der Waals surface area contributed by atoms with E-state index in [1.807, 2.05) is 30.3 Å². The van der Waals surface area contributed by atoms with Gasteiger partial charge in [0.25, 0.3) is 5.89 Å². The summed E-state index contributed by atoms with van der Waals surface area (Å²) in [6.07, 6.45) is 0. The second-order valence-electron chi connectivity index (χ2n) is 5.25. The quantitative estimate of drug-likeness (QED) is 0.778. The minimum atomic E-state index is -1.08. The van der Waals surface area contributed by atoms with Gasteiger partial charge in [0.15, 0.2) is 5.82 Å². The van der Waals surface area contributed by atoms with Gasteiger partial charge in [-0.25, -0.2) is 4.79 Å². The van der Waals surface area contributed by atoms with Crippen molar-refractivity contribution < 1.29 is 24.0 Å². The van der Waals surface area contributed by atoms with Gasteiger partial charge in [-0.15, -0.1) is 0 Å². The molecule has 1 unspecified atom stereocenters. The zero-order valence-corrected chi connectivity index (χ0v) is 13.5. The lowest BCUT2D eigenvalue weighted by molar-refractivity contribution is -0.152. The summed E-state index contributed by atoms with van der Waals surface area (Å²) < 4.78 is 10.1. The van der Waals surface area contributed by atoms with Gasteiger partial charge in [0.05, 0.1) is 0 Å². The summed E-state index contributed by atoms with van der Waals surface area (Å²) in [7, 11) is 0. The zero-order valence-electron chi connectivity index (χ0n) is 13.5. The Morgan fingerprint density at radius 1 is 1.33 bits per heavy atom. The first-order valence-corrected chi connectivity index (χ1v) is 7.40. The van der Waals surface area contributed by atoms with Crippen molar-refractivity contribution in [2.24, 2.45) is 0 Å². The number of hydrogen-bond donors (Lipinski definition) is 1. The number of aliphatic carboxylic acids is 1. The van der Waals surface area contributed by atoms with E-state index >= 15 is 0 Å². The van der Waals surface area contributed by atoms with E-state index in [0.717, 1.165) is 5.56 Å². The highest BCUT2D eigenvalue weighted by Gasteiger charge is 2.25. The number of aryl methyl sites for hydroxylation is 1. The molecule has 128 valence electrons. The molecule has 1 amide bonds. The Balaban J connectivity index is 1.97. The van der Waals surface area contributed by atoms with Crippen LogP contribution in [0.15, 0.2) is 34.9 Å². The molecule has 1 heterocycles. The first-order valence-electron chi connectivity index (χ1n) is 7.40. The fraction of sp³-hybridized carbons (Fsp3) is 0.375. The lowest BCUT2D eigenvalue weighted by Gasteiger charge is -2.26. The molecule has 0 spiro atoms. The summed E-state index contributed by atoms with van der Waals surface area (Å²) in [6, 6.07) is 8.21. The van der Waals surface area contributed by atoms with Crippen LogP contribution in [0, 0.1) is 6.92 Å². The predicted molar refractivity (Wildman–Crippen MR) is 82.8 cm³/mol. The number of carbonyl (C=O) groups is 2. The summed E-state index contributed by atoms with van der Waals surface area (Å²) >= 11 is 0. The molecule has 1 atom stereocenters. The van der Waals surface area contributed by atoms with Crippen LogP contribution in [0.2, 0.25) is 0 Å². The average molecular weight is 333 g/mol. The smallest absolute Gasteiger partial charge is 0.326 e. The van der Waals surface area contributed by atoms with E-state index in [2.05, 4.69) is 10.1 Å². The number of carboxylic acids is 1. The molecular formula is C16H19N3O5. The van der Waals surface area contributed by atoms with Gasteiger partial charge in [0.1, 0.15) is 19.3 Å². The SMILES string of the molecule is Cc1noc(COCC(=O)N(Cc2ccccc2)C(C)C(=O)O)n1. The Labute approximate surface area is 139 Å². The Morgan fingerprint density at radius 3 is 2.62 bits per heavy atom. The van der Waals surface area contributed by atoms with Crippen molar-refractivity contribution in [3.05, 3.63) is 47.6 Å². The van der Waals surface area contributed by atoms with E-state index in [1.54, 1.807) is 6.92 Å². The Kier molecular flexibility index (Phi) is 6.02. The molecule has 0 saturated carbocycles. The average Bonchev–Trinajstić information content (AvgIpc) is 2.98. The van der Waals surface area contributed by atoms with Gasteiger partial charge in [-0.3, -0.25) is 4.79 Å². The highest BCUT2D eigenvalue weighted by atomic mass is 16.5. The molecule has 1 N–H and O–H groups in total. The number of amides is 1. The van der Waals surface area contributed by atoms with Crippen LogP contribution in [0.4, 0.5) is 0 Å². The summed E-state index contributed by atoms with van der Waals surface area (Å²) in [5.41, 5.74) is 0.839. The zero-order chi connectivity index (χ0) is 17.5. The summed E-state index contributed by atoms with van der Waals surface area (Å²) in [5, 5.41) is 12.8. The number of benzene rings is 1. The van der Waals surface area contributed by atoms with Crippen molar-refractivity contribution in [3.8, 4) is 0 Å². The standard InChI is InChI=1S/C16H19N3O5/c1-11(16(21)22)19(8-13-6-4-3-5-7-13)15(20)10-23-9-14-17-12(2)18-24-14/h3-7,11H,8-10H2,1-2H3,(H,21,22). The van der Waals surface area contributed by atoms with Crippen LogP contribution in [-0.2, 0) is 27.5 Å². The number of carbonyl (C=O) groups excluding carboxylic acids is 1. The third-order valence-electron chi connectivity index (χ3n) is 3.36. The number of rotatable bonds is 8. The number of ether oxygens (including phenoxy) is 1. The molecule has 8 heteroatoms. The van der Waals surface area contributed by atoms with E-state index in [9.17, 15) is 14.7 Å². The minimum absolute atomic E-state index is 0.00674. The molecule has 1 aromatic carbocycles. The van der Waals surface area contributed by atoms with Gasteiger partial charge < -0.3 is 19.3 Å². The highest BCUT2D eigenvalue weighted by Crippen LogP contribution is 2.10. The van der Waals surface area contributed by atoms with Crippen LogP contribution in [0.3, 0.4) is 0 Å². The Bertz CT molecular complexity index is 686. The summed E-state index contributed by atoms with van der Waals surface area (Å²) in [6.45, 7) is 3.05. The van der Waals surface area contributed by atoms with Crippen molar-refractivity contribution in [3.63, 3.8) is 0 Å². The fourth-order valence-corrected chi connectivity index (χ4v) is 2.06. The molecule has 0 saturated heterocycles. The molecule has 0 bridgehead atoms. The van der Waals surface area contributed by atoms with E-state index in [-0.39, 0.29) is 25.6 Å². The first kappa shape index (κ1) is 17.6. The van der Waals surface area contributed by atoms with Gasteiger partial charge >= 0.3 is 5.97 Å². The normalized spacial score (nSPS) is 11.9. The monoisotopic (exact) mass is 333 g/mol. The summed E-state index contributed by atoms with van der Waals surface area (Å²) in [5.74, 6) is -0.761. The molecule has 0 radical (unpaired) electrons. The maximum atomic E-state index is 12.4. The third kappa shape index (κ3) is 4.88. The first-order chi connectivity index (χ1) is 11.5. The molecule has 0 aliphatic rings. The molecule has 24 heavy (non-hydrogen) atoms. The van der Waals surface area contributed by atoms with E-state index in [0.29, 0.717) is 5.82 Å². The van der Waals surface area contributed by atoms with E-state index in [1.165, 1.54) is 11.8 Å². The van der Waals surface area contributed by atoms with Gasteiger partial charge in [0, 0.05) is 6.54 Å². The number of carboxylic acid groups (broad SMARTS) is 1. The van der Waals surface area contributed by atoms with Gasteiger partial charge in [-0.1, -0.05) is 35.5 Å². The maximum absolute atomic E-state index is 12.4. The van der Waals surface area contributed by atoms with Crippen LogP contribution < -0.4 is 0 Å². The van der Waals surface area contributed by atoms with Crippen molar-refractivity contribution >= 4 is 11.9 Å². The van der Waals surface area contributed by atoms with E-state index in [4.69, 9.17) is 9.26 Å². The van der Waals surface area contributed by atoms with Crippen molar-refractivity contribution in [2.45, 2.75) is 33.0 Å². The number of hydrogen-bond acceptors (Lipinski definition) is 6. The second kappa shape index (κ2) is 8.21. The molecule has 0 aliphatic carbocycles. The van der Waals surface area contributed by atoms with Crippen molar-refractivity contribution in [2.75, 3.05) is 6.61 Å². The van der Waals surface area contributed by atoms with Gasteiger partial charge in [-0.2, -0.15) is 4.98 Å². The number of nitrogens with zero attached hydrogens (tertiary/aromatic N) is 3. The molecule has 2 rings (SSSR count). The number of aromatic nitrogens is 2. The van der Waals surface area contributed by atoms with Crippen LogP contribution in [0.5, 0.6) is 0 Å². The molecule has 2 aromatic rings. The Morgan fingerprint density at radius 2 is 2.04 bits per heavy atom. The molecule has 8 nitrogen and oxygen atoms in total. The second-order valence-corrected chi connectivity index (χ2v) is 5.25. The van der Waals surface area contributed by atoms with Gasteiger partial charge in [0.2, 0.25) is 5.91 Å². The third-order valence-corrected chi connectivity index (χ3v) is 3.36. The van der Waals surface area contributed by atoms with Crippen LogP contribution in [0.1, 0.15) is 24.2 Å². The van der Waals surface area contributed by atoms with E-state index < -0.39 is 17.9 Å². The van der Waals surface area contributed by atoms with Crippen LogP contribution in [0.25, 0.3) is 0 Å². The topological polar surface area (TPSA) is 106 Å². The lowest BCUT2D eigenvalue weighted by Crippen LogP contribution is -2.44. The summed E-state index contributed by atoms with van der Waals surface area (Å²) in [4.78, 5) is 28.8. The van der Waals surface area contributed by atoms with Crippen molar-refractivity contribution in [1.82, 2.24) is 15.0 Å². The van der Waals surface area contributed by atoms with Crippen molar-refractivity contribution in [1.29, 1.82) is 0 Å². The molecule has 1 aromatic heterocycles. The molecule has 0 aliphatic heterocycles. The lowest BCUT2D eigenvalue weighted by atomic mass is 10.2. The van der Waals surface area contributed by atoms with Crippen LogP contribution >= 0.6 is 0 Å². The fourth-order valence-electron chi connectivity index (χ4n) is 2.06. The maximum Gasteiger partial charge on any atom is 0.326 e.